The first-order valence-corrected chi connectivity index (χ1v) is 11.2. The molecule has 1 atom stereocenters. The van der Waals surface area contributed by atoms with Crippen LogP contribution in [0.4, 0.5) is 0 Å². The normalized spacial score (nSPS) is 20.4. The molecule has 0 aromatic heterocycles. The smallest absolute Gasteiger partial charge is 0.100 e. The highest BCUT2D eigenvalue weighted by molar-refractivity contribution is 6.03. The van der Waals surface area contributed by atoms with E-state index in [9.17, 15) is 0 Å². The van der Waals surface area contributed by atoms with Crippen LogP contribution in [0, 0.1) is 6.92 Å². The number of aliphatic imine (C=N–C) groups is 1. The first kappa shape index (κ1) is 20.3. The van der Waals surface area contributed by atoms with E-state index in [2.05, 4.69) is 127 Å². The molecule has 0 N–H and O–H groups in total. The summed E-state index contributed by atoms with van der Waals surface area (Å²) in [5.41, 5.74) is 8.59. The van der Waals surface area contributed by atoms with E-state index in [4.69, 9.17) is 0 Å². The summed E-state index contributed by atoms with van der Waals surface area (Å²) in [6, 6.07) is 30.6. The molecule has 2 nitrogen and oxygen atoms in total. The predicted octanol–water partition coefficient (Wildman–Crippen LogP) is 7.01. The molecule has 1 aliphatic heterocycles. The molecule has 0 fully saturated rings. The summed E-state index contributed by atoms with van der Waals surface area (Å²) in [4.78, 5) is 6.95. The summed E-state index contributed by atoms with van der Waals surface area (Å²) < 4.78 is 0. The van der Waals surface area contributed by atoms with Gasteiger partial charge in [0.25, 0.3) is 0 Å². The summed E-state index contributed by atoms with van der Waals surface area (Å²) in [6.07, 6.45) is 9.62. The van der Waals surface area contributed by atoms with Crippen LogP contribution in [-0.2, 0) is 5.54 Å². The quantitative estimate of drug-likeness (QED) is 0.447. The highest BCUT2D eigenvalue weighted by atomic mass is 15.2. The van der Waals surface area contributed by atoms with Crippen molar-refractivity contribution in [2.45, 2.75) is 25.8 Å². The molecule has 1 heterocycles. The molecule has 2 aliphatic rings. The predicted molar refractivity (Wildman–Crippen MR) is 135 cm³/mol. The molecule has 0 saturated heterocycles. The van der Waals surface area contributed by atoms with Gasteiger partial charge in [-0.25, -0.2) is 0 Å². The zero-order valence-electron chi connectivity index (χ0n) is 18.7. The van der Waals surface area contributed by atoms with Crippen molar-refractivity contribution in [2.75, 3.05) is 6.54 Å². The topological polar surface area (TPSA) is 15.6 Å². The fourth-order valence-corrected chi connectivity index (χ4v) is 4.97. The van der Waals surface area contributed by atoms with Gasteiger partial charge in [-0.1, -0.05) is 96.6 Å². The molecule has 0 saturated carbocycles. The summed E-state index contributed by atoms with van der Waals surface area (Å²) in [5, 5.41) is 0. The minimum atomic E-state index is -0.387. The molecule has 1 aliphatic carbocycles. The van der Waals surface area contributed by atoms with Gasteiger partial charge >= 0.3 is 0 Å². The lowest BCUT2D eigenvalue weighted by Crippen LogP contribution is -2.45. The van der Waals surface area contributed by atoms with Crippen molar-refractivity contribution < 1.29 is 0 Å². The van der Waals surface area contributed by atoms with Gasteiger partial charge in [-0.3, -0.25) is 4.99 Å². The Morgan fingerprint density at radius 3 is 2.12 bits per heavy atom. The van der Waals surface area contributed by atoms with E-state index in [0.29, 0.717) is 0 Å². The third-order valence-corrected chi connectivity index (χ3v) is 6.54. The molecule has 3 aromatic rings. The molecule has 1 unspecified atom stereocenters. The van der Waals surface area contributed by atoms with Crippen LogP contribution in [0.1, 0.15) is 35.6 Å². The Morgan fingerprint density at radius 1 is 0.781 bits per heavy atom. The van der Waals surface area contributed by atoms with Gasteiger partial charge in [-0.15, -0.1) is 0 Å². The van der Waals surface area contributed by atoms with E-state index in [1.807, 2.05) is 6.34 Å². The van der Waals surface area contributed by atoms with Crippen molar-refractivity contribution in [2.24, 2.45) is 4.99 Å². The maximum atomic E-state index is 4.63. The number of rotatable bonds is 4. The van der Waals surface area contributed by atoms with Gasteiger partial charge in [0, 0.05) is 6.20 Å². The van der Waals surface area contributed by atoms with Crippen LogP contribution in [0.2, 0.25) is 0 Å². The molecule has 0 spiro atoms. The van der Waals surface area contributed by atoms with Gasteiger partial charge in [0.1, 0.15) is 5.54 Å². The number of aryl methyl sites for hydroxylation is 1. The molecule has 0 bridgehead atoms. The second-order valence-electron chi connectivity index (χ2n) is 8.57. The van der Waals surface area contributed by atoms with E-state index >= 15 is 0 Å². The molecule has 0 radical (unpaired) electrons. The number of hydrogen-bond donors (Lipinski definition) is 0. The second kappa shape index (κ2) is 8.47. The van der Waals surface area contributed by atoms with E-state index in [0.717, 1.165) is 13.0 Å². The average Bonchev–Trinajstić information content (AvgIpc) is 2.86. The van der Waals surface area contributed by atoms with Gasteiger partial charge in [0.2, 0.25) is 0 Å². The first-order valence-electron chi connectivity index (χ1n) is 11.2. The Morgan fingerprint density at radius 2 is 1.47 bits per heavy atom. The van der Waals surface area contributed by atoms with Crippen LogP contribution in [0.3, 0.4) is 0 Å². The standard InChI is InChI=1S/C30H28N2/c1-23-14-16-26(17-15-23)29-28(25-10-5-3-6-11-25)24(2)18-19-30(29,27-12-7-4-8-13-27)32-21-9-20-31-22-32/h3-18,21-22H,19-20H2,1-2H3. The summed E-state index contributed by atoms with van der Waals surface area (Å²) >= 11 is 0. The zero-order valence-corrected chi connectivity index (χ0v) is 18.7. The molecule has 0 amide bonds. The molecule has 2 heteroatoms. The van der Waals surface area contributed by atoms with Crippen molar-refractivity contribution in [3.8, 4) is 0 Å². The van der Waals surface area contributed by atoms with Crippen LogP contribution < -0.4 is 0 Å². The number of hydrogen-bond acceptors (Lipinski definition) is 2. The van der Waals surface area contributed by atoms with Crippen LogP contribution >= 0.6 is 0 Å². The van der Waals surface area contributed by atoms with E-state index in [1.54, 1.807) is 0 Å². The third kappa shape index (κ3) is 3.42. The van der Waals surface area contributed by atoms with E-state index in [-0.39, 0.29) is 5.54 Å². The van der Waals surface area contributed by atoms with Gasteiger partial charge in [0.05, 0.1) is 12.9 Å². The molecule has 3 aromatic carbocycles. The Kier molecular flexibility index (Phi) is 5.36. The number of nitrogens with zero attached hydrogens (tertiary/aromatic N) is 2. The van der Waals surface area contributed by atoms with E-state index in [1.165, 1.54) is 39.0 Å². The minimum Gasteiger partial charge on any atom is -0.325 e. The summed E-state index contributed by atoms with van der Waals surface area (Å²) in [7, 11) is 0. The number of allylic oxidation sites excluding steroid dienone is 2. The van der Waals surface area contributed by atoms with Gasteiger partial charge in [0.15, 0.2) is 0 Å². The average molecular weight is 417 g/mol. The maximum absolute atomic E-state index is 4.63. The van der Waals surface area contributed by atoms with Crippen molar-refractivity contribution in [1.82, 2.24) is 4.90 Å². The fourth-order valence-electron chi connectivity index (χ4n) is 4.97. The monoisotopic (exact) mass is 416 g/mol. The van der Waals surface area contributed by atoms with Gasteiger partial charge in [-0.2, -0.15) is 0 Å². The first-order chi connectivity index (χ1) is 15.7. The molecule has 5 rings (SSSR count). The lowest BCUT2D eigenvalue weighted by Gasteiger charge is -2.47. The Labute approximate surface area is 190 Å². The van der Waals surface area contributed by atoms with Crippen molar-refractivity contribution in [3.63, 3.8) is 0 Å². The fraction of sp³-hybridized carbons (Fsp3) is 0.167. The molecular weight excluding hydrogens is 388 g/mol. The largest absolute Gasteiger partial charge is 0.325 e. The Hall–Kier alpha value is -3.65. The maximum Gasteiger partial charge on any atom is 0.100 e. The Balaban J connectivity index is 1.89. The van der Waals surface area contributed by atoms with Crippen molar-refractivity contribution >= 4 is 17.5 Å². The highest BCUT2D eigenvalue weighted by Crippen LogP contribution is 2.52. The lowest BCUT2D eigenvalue weighted by molar-refractivity contribution is 0.321. The minimum absolute atomic E-state index is 0.387. The van der Waals surface area contributed by atoms with Crippen LogP contribution in [0.5, 0.6) is 0 Å². The summed E-state index contributed by atoms with van der Waals surface area (Å²) in [6.45, 7) is 5.11. The molecule has 158 valence electrons. The number of benzene rings is 3. The van der Waals surface area contributed by atoms with Crippen LogP contribution in [-0.4, -0.2) is 17.8 Å². The van der Waals surface area contributed by atoms with Gasteiger partial charge in [-0.05, 0) is 59.8 Å². The van der Waals surface area contributed by atoms with Crippen molar-refractivity contribution in [1.29, 1.82) is 0 Å². The third-order valence-electron chi connectivity index (χ3n) is 6.54. The van der Waals surface area contributed by atoms with E-state index < -0.39 is 0 Å². The van der Waals surface area contributed by atoms with Crippen molar-refractivity contribution in [3.05, 3.63) is 131 Å². The highest BCUT2D eigenvalue weighted by Gasteiger charge is 2.44. The van der Waals surface area contributed by atoms with Crippen LogP contribution in [0.15, 0.2) is 114 Å². The SMILES string of the molecule is CC1=CCC(c2ccccc2)(N2C=CCN=C2)C(c2ccc(C)cc2)=C1c1ccccc1. The Bertz CT molecular complexity index is 1200. The van der Waals surface area contributed by atoms with Gasteiger partial charge < -0.3 is 4.90 Å². The molecule has 32 heavy (non-hydrogen) atoms. The second-order valence-corrected chi connectivity index (χ2v) is 8.57. The zero-order chi connectivity index (χ0) is 22.0. The molecular formula is C30H28N2. The lowest BCUT2D eigenvalue weighted by atomic mass is 9.68. The van der Waals surface area contributed by atoms with Crippen LogP contribution in [0.25, 0.3) is 11.1 Å². The summed E-state index contributed by atoms with van der Waals surface area (Å²) in [5.74, 6) is 0.